The maximum atomic E-state index is 5.83. The van der Waals surface area contributed by atoms with E-state index in [1.54, 1.807) is 0 Å². The molecule has 0 aliphatic heterocycles. The molecule has 0 saturated carbocycles. The first-order chi connectivity index (χ1) is 6.65. The summed E-state index contributed by atoms with van der Waals surface area (Å²) in [5, 5.41) is 0. The van der Waals surface area contributed by atoms with Crippen LogP contribution in [0.4, 0.5) is 5.69 Å². The second-order valence-electron chi connectivity index (χ2n) is 3.63. The summed E-state index contributed by atoms with van der Waals surface area (Å²) >= 11 is 0. The smallest absolute Gasteiger partial charge is 0.0797 e. The molecule has 0 aromatic heterocycles. The molecule has 0 bridgehead atoms. The number of nitrogens with two attached hydrogens (primary N) is 1. The first-order valence-corrected chi connectivity index (χ1v) is 5.12. The summed E-state index contributed by atoms with van der Waals surface area (Å²) in [6, 6.07) is 6.11. The second kappa shape index (κ2) is 5.01. The Labute approximate surface area is 86.1 Å². The van der Waals surface area contributed by atoms with E-state index in [0.29, 0.717) is 0 Å². The molecule has 0 radical (unpaired) electrons. The number of aryl methyl sites for hydroxylation is 1. The van der Waals surface area contributed by atoms with Gasteiger partial charge in [-0.25, -0.2) is 0 Å². The van der Waals surface area contributed by atoms with Gasteiger partial charge in [0.05, 0.1) is 6.10 Å². The minimum atomic E-state index is 0.137. The summed E-state index contributed by atoms with van der Waals surface area (Å²) in [6.45, 7) is 6.97. The van der Waals surface area contributed by atoms with Gasteiger partial charge in [0, 0.05) is 12.3 Å². The summed E-state index contributed by atoms with van der Waals surface area (Å²) in [4.78, 5) is 0. The van der Waals surface area contributed by atoms with Gasteiger partial charge in [-0.1, -0.05) is 19.1 Å². The molecule has 2 nitrogen and oxygen atoms in total. The molecule has 2 heteroatoms. The van der Waals surface area contributed by atoms with Gasteiger partial charge < -0.3 is 10.5 Å². The van der Waals surface area contributed by atoms with E-state index in [2.05, 4.69) is 19.9 Å². The van der Waals surface area contributed by atoms with Gasteiger partial charge in [-0.2, -0.15) is 0 Å². The van der Waals surface area contributed by atoms with E-state index >= 15 is 0 Å². The van der Waals surface area contributed by atoms with E-state index in [4.69, 9.17) is 10.5 Å². The second-order valence-corrected chi connectivity index (χ2v) is 3.63. The maximum absolute atomic E-state index is 5.83. The Bertz CT molecular complexity index is 296. The topological polar surface area (TPSA) is 35.2 Å². The Hall–Kier alpha value is -1.02. The minimum Gasteiger partial charge on any atom is -0.399 e. The zero-order valence-corrected chi connectivity index (χ0v) is 9.21. The molecule has 0 unspecified atom stereocenters. The molecule has 0 spiro atoms. The standard InChI is InChI=1S/C12H19NO/c1-4-7-14-10(3)11-6-5-9(2)12(13)8-11/h5-6,8,10H,4,7,13H2,1-3H3/t10-/m0/s1. The first-order valence-electron chi connectivity index (χ1n) is 5.12. The van der Waals surface area contributed by atoms with Crippen molar-refractivity contribution in [2.75, 3.05) is 12.3 Å². The van der Waals surface area contributed by atoms with Crippen molar-refractivity contribution in [1.29, 1.82) is 0 Å². The molecule has 0 amide bonds. The van der Waals surface area contributed by atoms with Crippen LogP contribution in [0.3, 0.4) is 0 Å². The zero-order chi connectivity index (χ0) is 10.6. The third-order valence-electron chi connectivity index (χ3n) is 2.34. The Morgan fingerprint density at radius 2 is 2.14 bits per heavy atom. The van der Waals surface area contributed by atoms with Crippen molar-refractivity contribution < 1.29 is 4.74 Å². The van der Waals surface area contributed by atoms with Crippen LogP contribution < -0.4 is 5.73 Å². The van der Waals surface area contributed by atoms with Crippen LogP contribution in [0.15, 0.2) is 18.2 Å². The molecule has 0 aliphatic rings. The lowest BCUT2D eigenvalue weighted by atomic mass is 10.1. The molecule has 1 rings (SSSR count). The zero-order valence-electron chi connectivity index (χ0n) is 9.21. The fourth-order valence-corrected chi connectivity index (χ4v) is 1.30. The van der Waals surface area contributed by atoms with E-state index in [-0.39, 0.29) is 6.10 Å². The van der Waals surface area contributed by atoms with Crippen molar-refractivity contribution in [3.63, 3.8) is 0 Å². The molecule has 0 fully saturated rings. The third kappa shape index (κ3) is 2.74. The molecule has 1 atom stereocenters. The van der Waals surface area contributed by atoms with E-state index in [0.717, 1.165) is 29.8 Å². The predicted octanol–water partition coefficient (Wildman–Crippen LogP) is 3.06. The van der Waals surface area contributed by atoms with Crippen molar-refractivity contribution in [2.24, 2.45) is 0 Å². The Kier molecular flexibility index (Phi) is 3.96. The number of anilines is 1. The van der Waals surface area contributed by atoms with E-state index < -0.39 is 0 Å². The van der Waals surface area contributed by atoms with Gasteiger partial charge in [-0.05, 0) is 37.5 Å². The summed E-state index contributed by atoms with van der Waals surface area (Å²) in [5.41, 5.74) is 8.95. The molecule has 1 aromatic carbocycles. The Morgan fingerprint density at radius 3 is 2.71 bits per heavy atom. The van der Waals surface area contributed by atoms with Crippen molar-refractivity contribution >= 4 is 5.69 Å². The normalized spacial score (nSPS) is 12.8. The van der Waals surface area contributed by atoms with E-state index in [1.807, 2.05) is 19.1 Å². The van der Waals surface area contributed by atoms with Crippen LogP contribution in [0, 0.1) is 6.92 Å². The van der Waals surface area contributed by atoms with Crippen LogP contribution in [0.2, 0.25) is 0 Å². The fourth-order valence-electron chi connectivity index (χ4n) is 1.30. The summed E-state index contributed by atoms with van der Waals surface area (Å²) in [5.74, 6) is 0. The van der Waals surface area contributed by atoms with Gasteiger partial charge in [0.2, 0.25) is 0 Å². The lowest BCUT2D eigenvalue weighted by molar-refractivity contribution is 0.0663. The predicted molar refractivity (Wildman–Crippen MR) is 60.2 cm³/mol. The van der Waals surface area contributed by atoms with Crippen molar-refractivity contribution in [1.82, 2.24) is 0 Å². The lowest BCUT2D eigenvalue weighted by Crippen LogP contribution is -2.02. The minimum absolute atomic E-state index is 0.137. The van der Waals surface area contributed by atoms with Crippen LogP contribution in [-0.2, 0) is 4.74 Å². The molecule has 1 aromatic rings. The molecular weight excluding hydrogens is 174 g/mol. The number of benzene rings is 1. The van der Waals surface area contributed by atoms with Gasteiger partial charge in [0.25, 0.3) is 0 Å². The fraction of sp³-hybridized carbons (Fsp3) is 0.500. The molecule has 14 heavy (non-hydrogen) atoms. The quantitative estimate of drug-likeness (QED) is 0.746. The average molecular weight is 193 g/mol. The SMILES string of the molecule is CCCO[C@@H](C)c1ccc(C)c(N)c1. The van der Waals surface area contributed by atoms with E-state index in [1.165, 1.54) is 0 Å². The van der Waals surface area contributed by atoms with Gasteiger partial charge in [-0.3, -0.25) is 0 Å². The maximum Gasteiger partial charge on any atom is 0.0797 e. The number of ether oxygens (including phenoxy) is 1. The van der Waals surface area contributed by atoms with Crippen LogP contribution >= 0.6 is 0 Å². The molecule has 0 saturated heterocycles. The summed E-state index contributed by atoms with van der Waals surface area (Å²) in [7, 11) is 0. The highest BCUT2D eigenvalue weighted by atomic mass is 16.5. The number of hydrogen-bond acceptors (Lipinski definition) is 2. The Balaban J connectivity index is 2.70. The number of hydrogen-bond donors (Lipinski definition) is 1. The van der Waals surface area contributed by atoms with Crippen LogP contribution in [-0.4, -0.2) is 6.61 Å². The van der Waals surface area contributed by atoms with Crippen LogP contribution in [0.1, 0.15) is 37.5 Å². The molecule has 78 valence electrons. The number of nitrogen functional groups attached to an aromatic ring is 1. The van der Waals surface area contributed by atoms with Gasteiger partial charge in [-0.15, -0.1) is 0 Å². The highest BCUT2D eigenvalue weighted by molar-refractivity contribution is 5.48. The van der Waals surface area contributed by atoms with Crippen molar-refractivity contribution in [2.45, 2.75) is 33.3 Å². The molecule has 0 heterocycles. The van der Waals surface area contributed by atoms with Gasteiger partial charge >= 0.3 is 0 Å². The number of rotatable bonds is 4. The Morgan fingerprint density at radius 1 is 1.43 bits per heavy atom. The highest BCUT2D eigenvalue weighted by Gasteiger charge is 2.05. The van der Waals surface area contributed by atoms with Crippen LogP contribution in [0.5, 0.6) is 0 Å². The largest absolute Gasteiger partial charge is 0.399 e. The highest BCUT2D eigenvalue weighted by Crippen LogP contribution is 2.21. The third-order valence-corrected chi connectivity index (χ3v) is 2.34. The van der Waals surface area contributed by atoms with Crippen LogP contribution in [0.25, 0.3) is 0 Å². The molecule has 2 N–H and O–H groups in total. The molecule has 0 aliphatic carbocycles. The first kappa shape index (κ1) is 11.1. The van der Waals surface area contributed by atoms with Crippen molar-refractivity contribution in [3.8, 4) is 0 Å². The van der Waals surface area contributed by atoms with Crippen molar-refractivity contribution in [3.05, 3.63) is 29.3 Å². The average Bonchev–Trinajstić information content (AvgIpc) is 2.18. The van der Waals surface area contributed by atoms with Gasteiger partial charge in [0.1, 0.15) is 0 Å². The molecular formula is C12H19NO. The monoisotopic (exact) mass is 193 g/mol. The summed E-state index contributed by atoms with van der Waals surface area (Å²) in [6.07, 6.45) is 1.18. The van der Waals surface area contributed by atoms with E-state index in [9.17, 15) is 0 Å². The summed E-state index contributed by atoms with van der Waals surface area (Å²) < 4.78 is 5.62. The van der Waals surface area contributed by atoms with Gasteiger partial charge in [0.15, 0.2) is 0 Å². The lowest BCUT2D eigenvalue weighted by Gasteiger charge is -2.14.